The van der Waals surface area contributed by atoms with Gasteiger partial charge in [0.05, 0.1) is 10.6 Å². The Balaban J connectivity index is 1.33. The summed E-state index contributed by atoms with van der Waals surface area (Å²) < 4.78 is 29.5. The van der Waals surface area contributed by atoms with E-state index < -0.39 is 7.14 Å². The van der Waals surface area contributed by atoms with Crippen LogP contribution in [0.15, 0.2) is 152 Å². The lowest BCUT2D eigenvalue weighted by Gasteiger charge is -2.36. The van der Waals surface area contributed by atoms with Gasteiger partial charge in [-0.3, -0.25) is 0 Å². The standard InChI is InChI=1S/C40H25O3P/c41-44-38-25-29(26-11-3-1-4-12-26)20-21-34(38)42-36-23-30(32-17-10-9-16-31(32)27-13-5-2-6-14-27)24-37(40(36)44)43-35-22-19-28-15-7-8-18-33(28)39(35)44/h1-25H. The molecule has 0 saturated carbocycles. The smallest absolute Gasteiger partial charge is 0.186 e. The molecule has 1 unspecified atom stereocenters. The molecule has 4 heteroatoms. The summed E-state index contributed by atoms with van der Waals surface area (Å²) in [5, 5.41) is 4.01. The summed E-state index contributed by atoms with van der Waals surface area (Å²) in [5.41, 5.74) is 6.28. The van der Waals surface area contributed by atoms with Gasteiger partial charge in [-0.2, -0.15) is 0 Å². The SMILES string of the molecule is O=P12c3cc(-c4ccccc4)ccc3Oc3cc(-c4ccccc4-c4ccccc4)cc(c31)Oc1ccc3ccccc3c12. The van der Waals surface area contributed by atoms with Crippen molar-refractivity contribution in [3.05, 3.63) is 152 Å². The lowest BCUT2D eigenvalue weighted by atomic mass is 9.94. The highest BCUT2D eigenvalue weighted by atomic mass is 31.2. The summed E-state index contributed by atoms with van der Waals surface area (Å²) in [5.74, 6) is 2.38. The molecule has 0 spiro atoms. The van der Waals surface area contributed by atoms with Crippen LogP contribution in [-0.4, -0.2) is 0 Å². The van der Waals surface area contributed by atoms with Crippen molar-refractivity contribution < 1.29 is 14.0 Å². The van der Waals surface area contributed by atoms with Crippen molar-refractivity contribution in [1.29, 1.82) is 0 Å². The predicted octanol–water partition coefficient (Wildman–Crippen LogP) is 9.69. The van der Waals surface area contributed by atoms with Gasteiger partial charge in [0.1, 0.15) is 28.3 Å². The van der Waals surface area contributed by atoms with Gasteiger partial charge < -0.3 is 14.0 Å². The molecule has 2 aliphatic heterocycles. The third-order valence-electron chi connectivity index (χ3n) is 8.70. The highest BCUT2D eigenvalue weighted by molar-refractivity contribution is 7.86. The Morgan fingerprint density at radius 2 is 1.00 bits per heavy atom. The van der Waals surface area contributed by atoms with E-state index in [1.807, 2.05) is 103 Å². The van der Waals surface area contributed by atoms with Crippen molar-refractivity contribution in [2.45, 2.75) is 0 Å². The monoisotopic (exact) mass is 584 g/mol. The van der Waals surface area contributed by atoms with E-state index in [1.54, 1.807) is 0 Å². The maximum absolute atomic E-state index is 16.1. The fourth-order valence-corrected chi connectivity index (χ4v) is 9.97. The van der Waals surface area contributed by atoms with Crippen LogP contribution in [0, 0.1) is 0 Å². The van der Waals surface area contributed by atoms with E-state index in [2.05, 4.69) is 48.5 Å². The van der Waals surface area contributed by atoms with Gasteiger partial charge in [-0.25, -0.2) is 0 Å². The first-order valence-electron chi connectivity index (χ1n) is 14.7. The fourth-order valence-electron chi connectivity index (χ4n) is 6.70. The molecule has 44 heavy (non-hydrogen) atoms. The van der Waals surface area contributed by atoms with Crippen LogP contribution in [0.25, 0.3) is 44.2 Å². The molecule has 2 aliphatic rings. The third-order valence-corrected chi connectivity index (χ3v) is 11.9. The summed E-state index contributed by atoms with van der Waals surface area (Å²) in [7, 11) is -3.44. The average Bonchev–Trinajstić information content (AvgIpc) is 3.08. The quantitative estimate of drug-likeness (QED) is 0.194. The predicted molar refractivity (Wildman–Crippen MR) is 180 cm³/mol. The Morgan fingerprint density at radius 3 is 1.75 bits per heavy atom. The van der Waals surface area contributed by atoms with Crippen LogP contribution in [0.2, 0.25) is 0 Å². The molecular formula is C40H25O3P. The molecule has 1 atom stereocenters. The second-order valence-corrected chi connectivity index (χ2v) is 13.8. The van der Waals surface area contributed by atoms with Crippen molar-refractivity contribution in [3.63, 3.8) is 0 Å². The molecule has 7 aromatic carbocycles. The van der Waals surface area contributed by atoms with E-state index in [4.69, 9.17) is 9.47 Å². The van der Waals surface area contributed by atoms with Crippen molar-refractivity contribution in [2.24, 2.45) is 0 Å². The van der Waals surface area contributed by atoms with Gasteiger partial charge in [0, 0.05) is 0 Å². The van der Waals surface area contributed by atoms with E-state index in [-0.39, 0.29) is 0 Å². The first kappa shape index (κ1) is 25.2. The van der Waals surface area contributed by atoms with Gasteiger partial charge in [0.15, 0.2) is 7.14 Å². The molecule has 0 N–H and O–H groups in total. The molecule has 0 bridgehead atoms. The summed E-state index contributed by atoms with van der Waals surface area (Å²) >= 11 is 0. The van der Waals surface area contributed by atoms with Crippen LogP contribution in [0.1, 0.15) is 0 Å². The molecule has 0 radical (unpaired) electrons. The highest BCUT2D eigenvalue weighted by Gasteiger charge is 2.47. The summed E-state index contributed by atoms with van der Waals surface area (Å²) in [6, 6.07) is 51.1. The molecule has 0 saturated heterocycles. The molecule has 2 heterocycles. The number of hydrogen-bond acceptors (Lipinski definition) is 3. The molecular weight excluding hydrogens is 559 g/mol. The van der Waals surface area contributed by atoms with Crippen molar-refractivity contribution in [2.75, 3.05) is 0 Å². The second-order valence-electron chi connectivity index (χ2n) is 11.2. The summed E-state index contributed by atoms with van der Waals surface area (Å²) in [6.07, 6.45) is 0. The van der Waals surface area contributed by atoms with Crippen LogP contribution < -0.4 is 25.4 Å². The molecule has 0 aliphatic carbocycles. The van der Waals surface area contributed by atoms with Crippen LogP contribution in [-0.2, 0) is 4.57 Å². The topological polar surface area (TPSA) is 35.5 Å². The molecule has 0 amide bonds. The normalized spacial score (nSPS) is 15.8. The Labute approximate surface area is 255 Å². The Bertz CT molecular complexity index is 2290. The zero-order valence-corrected chi connectivity index (χ0v) is 24.5. The van der Waals surface area contributed by atoms with Gasteiger partial charge >= 0.3 is 0 Å². The number of benzene rings is 7. The number of rotatable bonds is 3. The van der Waals surface area contributed by atoms with E-state index in [0.717, 1.165) is 49.5 Å². The Hall–Kier alpha value is -5.37. The molecule has 208 valence electrons. The molecule has 9 rings (SSSR count). The molecule has 0 aromatic heterocycles. The second kappa shape index (κ2) is 9.57. The van der Waals surface area contributed by atoms with Crippen molar-refractivity contribution >= 4 is 33.8 Å². The van der Waals surface area contributed by atoms with E-state index in [0.29, 0.717) is 33.6 Å². The number of hydrogen-bond donors (Lipinski definition) is 0. The lowest BCUT2D eigenvalue weighted by molar-refractivity contribution is 0.462. The maximum atomic E-state index is 16.1. The zero-order valence-electron chi connectivity index (χ0n) is 23.6. The van der Waals surface area contributed by atoms with E-state index >= 15 is 4.57 Å². The minimum Gasteiger partial charge on any atom is -0.456 e. The van der Waals surface area contributed by atoms with Crippen LogP contribution in [0.3, 0.4) is 0 Å². The fraction of sp³-hybridized carbons (Fsp3) is 0. The average molecular weight is 585 g/mol. The minimum atomic E-state index is -3.44. The zero-order chi connectivity index (χ0) is 29.3. The van der Waals surface area contributed by atoms with E-state index in [9.17, 15) is 0 Å². The Morgan fingerprint density at radius 1 is 0.409 bits per heavy atom. The Kier molecular flexibility index (Phi) is 5.47. The number of ether oxygens (including phenoxy) is 2. The van der Waals surface area contributed by atoms with Crippen molar-refractivity contribution in [1.82, 2.24) is 0 Å². The van der Waals surface area contributed by atoms with E-state index in [1.165, 1.54) is 0 Å². The maximum Gasteiger partial charge on any atom is 0.186 e. The first-order valence-corrected chi connectivity index (χ1v) is 16.4. The lowest BCUT2D eigenvalue weighted by Crippen LogP contribution is -2.35. The summed E-state index contributed by atoms with van der Waals surface area (Å²) in [4.78, 5) is 0. The van der Waals surface area contributed by atoms with Crippen LogP contribution in [0.4, 0.5) is 0 Å². The van der Waals surface area contributed by atoms with Crippen LogP contribution >= 0.6 is 7.14 Å². The van der Waals surface area contributed by atoms with Gasteiger partial charge in [0.2, 0.25) is 0 Å². The molecule has 7 aromatic rings. The molecule has 0 fully saturated rings. The van der Waals surface area contributed by atoms with Gasteiger partial charge in [-0.05, 0) is 74.5 Å². The van der Waals surface area contributed by atoms with Gasteiger partial charge in [0.25, 0.3) is 0 Å². The molecule has 3 nitrogen and oxygen atoms in total. The highest BCUT2D eigenvalue weighted by Crippen LogP contribution is 2.60. The first-order chi connectivity index (χ1) is 21.7. The van der Waals surface area contributed by atoms with Crippen molar-refractivity contribution in [3.8, 4) is 56.4 Å². The summed E-state index contributed by atoms with van der Waals surface area (Å²) in [6.45, 7) is 0. The van der Waals surface area contributed by atoms with Crippen LogP contribution in [0.5, 0.6) is 23.0 Å². The largest absolute Gasteiger partial charge is 0.456 e. The van der Waals surface area contributed by atoms with Gasteiger partial charge in [-0.15, -0.1) is 0 Å². The number of fused-ring (bicyclic) bond motifs is 6. The van der Waals surface area contributed by atoms with Gasteiger partial charge in [-0.1, -0.05) is 121 Å². The minimum absolute atomic E-state index is 0.572. The third kappa shape index (κ3) is 3.67.